The first-order chi connectivity index (χ1) is 18.9. The first-order valence-corrected chi connectivity index (χ1v) is 13.9. The predicted octanol–water partition coefficient (Wildman–Crippen LogP) is 5.95. The molecule has 202 valence electrons. The van der Waals surface area contributed by atoms with Gasteiger partial charge in [-0.25, -0.2) is 4.79 Å². The van der Waals surface area contributed by atoms with Crippen molar-refractivity contribution >= 4 is 51.6 Å². The van der Waals surface area contributed by atoms with Gasteiger partial charge in [-0.1, -0.05) is 41.6 Å². The molecule has 0 saturated carbocycles. The summed E-state index contributed by atoms with van der Waals surface area (Å²) in [5, 5.41) is 14.7. The van der Waals surface area contributed by atoms with Crippen molar-refractivity contribution in [1.82, 2.24) is 14.8 Å². The highest BCUT2D eigenvalue weighted by Crippen LogP contribution is 2.37. The summed E-state index contributed by atoms with van der Waals surface area (Å²) in [6.07, 6.45) is 1.72. The Hall–Kier alpha value is -3.80. The molecule has 12 heteroatoms. The molecule has 0 aliphatic heterocycles. The van der Waals surface area contributed by atoms with Crippen LogP contribution in [0, 0.1) is 0 Å². The third kappa shape index (κ3) is 6.99. The number of esters is 1. The smallest absolute Gasteiger partial charge is 0.341 e. The zero-order chi connectivity index (χ0) is 27.8. The Balaban J connectivity index is 1.44. The van der Waals surface area contributed by atoms with Gasteiger partial charge in [0.15, 0.2) is 11.0 Å². The molecule has 0 fully saturated rings. The van der Waals surface area contributed by atoms with E-state index < -0.39 is 5.97 Å². The second-order valence-corrected chi connectivity index (χ2v) is 10.2. The first-order valence-electron chi connectivity index (χ1n) is 11.6. The van der Waals surface area contributed by atoms with Gasteiger partial charge >= 0.3 is 5.97 Å². The minimum atomic E-state index is -0.541. The van der Waals surface area contributed by atoms with Crippen LogP contribution in [0.3, 0.4) is 0 Å². The number of nitrogens with one attached hydrogen (secondary N) is 1. The van der Waals surface area contributed by atoms with Gasteiger partial charge in [0, 0.05) is 22.5 Å². The lowest BCUT2D eigenvalue weighted by Crippen LogP contribution is -2.16. The van der Waals surface area contributed by atoms with E-state index in [-0.39, 0.29) is 18.3 Å². The Bertz CT molecular complexity index is 1450. The average Bonchev–Trinajstić information content (AvgIpc) is 3.55. The van der Waals surface area contributed by atoms with E-state index in [4.69, 9.17) is 25.8 Å². The standard InChI is InChI=1S/C27H25ClN4O5S2/c1-4-13-32-22(14-37-20-11-7-18(28)8-12-20)30-31-27(32)39-16-23(33)29-25-24(26(34)36-3)21(15-38-25)17-5-9-19(35-2)10-6-17/h4-12,15H,1,13-14,16H2,2-3H3,(H,29,33). The summed E-state index contributed by atoms with van der Waals surface area (Å²) in [5.74, 6) is 1.13. The minimum absolute atomic E-state index is 0.0453. The minimum Gasteiger partial charge on any atom is -0.497 e. The third-order valence-corrected chi connectivity index (χ3v) is 7.57. The number of benzene rings is 2. The zero-order valence-corrected chi connectivity index (χ0v) is 23.6. The fraction of sp³-hybridized carbons (Fsp3) is 0.185. The maximum absolute atomic E-state index is 12.9. The largest absolute Gasteiger partial charge is 0.497 e. The fourth-order valence-electron chi connectivity index (χ4n) is 3.55. The molecule has 2 aromatic heterocycles. The highest BCUT2D eigenvalue weighted by molar-refractivity contribution is 7.99. The summed E-state index contributed by atoms with van der Waals surface area (Å²) in [6.45, 7) is 4.42. The molecule has 0 radical (unpaired) electrons. The quantitative estimate of drug-likeness (QED) is 0.124. The number of amides is 1. The number of aromatic nitrogens is 3. The lowest BCUT2D eigenvalue weighted by atomic mass is 10.0. The van der Waals surface area contributed by atoms with Crippen LogP contribution in [0.1, 0.15) is 16.2 Å². The molecule has 0 saturated heterocycles. The van der Waals surface area contributed by atoms with Crippen molar-refractivity contribution in [2.45, 2.75) is 18.3 Å². The maximum atomic E-state index is 12.9. The number of hydrogen-bond acceptors (Lipinski definition) is 9. The number of rotatable bonds is 12. The number of hydrogen-bond donors (Lipinski definition) is 1. The fourth-order valence-corrected chi connectivity index (χ4v) is 5.42. The van der Waals surface area contributed by atoms with Gasteiger partial charge in [-0.3, -0.25) is 9.36 Å². The number of thiophene rings is 1. The Morgan fingerprint density at radius 2 is 1.82 bits per heavy atom. The Morgan fingerprint density at radius 1 is 1.10 bits per heavy atom. The van der Waals surface area contributed by atoms with Crippen LogP contribution < -0.4 is 14.8 Å². The lowest BCUT2D eigenvalue weighted by molar-refractivity contribution is -0.113. The molecule has 0 bridgehead atoms. The summed E-state index contributed by atoms with van der Waals surface area (Å²) in [7, 11) is 2.89. The number of halogens is 1. The van der Waals surface area contributed by atoms with E-state index in [1.807, 2.05) is 22.1 Å². The van der Waals surface area contributed by atoms with E-state index >= 15 is 0 Å². The van der Waals surface area contributed by atoms with Crippen LogP contribution in [0.4, 0.5) is 5.00 Å². The number of thioether (sulfide) groups is 1. The number of ether oxygens (including phenoxy) is 3. The molecule has 0 atom stereocenters. The number of methoxy groups -OCH3 is 2. The summed E-state index contributed by atoms with van der Waals surface area (Å²) >= 11 is 8.39. The van der Waals surface area contributed by atoms with Crippen LogP contribution in [0.2, 0.25) is 5.02 Å². The van der Waals surface area contributed by atoms with Gasteiger partial charge in [-0.15, -0.1) is 28.1 Å². The monoisotopic (exact) mass is 584 g/mol. The molecule has 4 aromatic rings. The highest BCUT2D eigenvalue weighted by Gasteiger charge is 2.23. The molecule has 0 aliphatic rings. The zero-order valence-electron chi connectivity index (χ0n) is 21.2. The van der Waals surface area contributed by atoms with Gasteiger partial charge in [0.05, 0.1) is 20.0 Å². The topological polar surface area (TPSA) is 105 Å². The van der Waals surface area contributed by atoms with E-state index in [0.29, 0.717) is 50.2 Å². The summed E-state index contributed by atoms with van der Waals surface area (Å²) in [4.78, 5) is 25.5. The Labute approximate surface area is 238 Å². The van der Waals surface area contributed by atoms with Crippen LogP contribution in [0.25, 0.3) is 11.1 Å². The highest BCUT2D eigenvalue weighted by atomic mass is 35.5. The van der Waals surface area contributed by atoms with Crippen LogP contribution in [-0.4, -0.2) is 46.6 Å². The van der Waals surface area contributed by atoms with Crippen molar-refractivity contribution < 1.29 is 23.8 Å². The van der Waals surface area contributed by atoms with E-state index in [1.54, 1.807) is 49.6 Å². The lowest BCUT2D eigenvalue weighted by Gasteiger charge is -2.10. The van der Waals surface area contributed by atoms with Gasteiger partial charge in [0.25, 0.3) is 0 Å². The van der Waals surface area contributed by atoms with Crippen molar-refractivity contribution in [2.24, 2.45) is 0 Å². The second kappa shape index (κ2) is 13.3. The van der Waals surface area contributed by atoms with Gasteiger partial charge < -0.3 is 19.5 Å². The van der Waals surface area contributed by atoms with E-state index in [2.05, 4.69) is 22.1 Å². The molecular weight excluding hydrogens is 560 g/mol. The number of allylic oxidation sites excluding steroid dienone is 1. The molecule has 9 nitrogen and oxygen atoms in total. The molecule has 1 N–H and O–H groups in total. The number of carbonyl (C=O) groups is 2. The maximum Gasteiger partial charge on any atom is 0.341 e. The summed E-state index contributed by atoms with van der Waals surface area (Å²) < 4.78 is 17.8. The van der Waals surface area contributed by atoms with Crippen LogP contribution >= 0.6 is 34.7 Å². The molecule has 0 spiro atoms. The third-order valence-electron chi connectivity index (χ3n) is 5.45. The molecule has 4 rings (SSSR count). The van der Waals surface area contributed by atoms with Crippen LogP contribution in [0.15, 0.2) is 71.7 Å². The number of nitrogens with zero attached hydrogens (tertiary/aromatic N) is 3. The summed E-state index contributed by atoms with van der Waals surface area (Å²) in [5.41, 5.74) is 1.75. The summed E-state index contributed by atoms with van der Waals surface area (Å²) in [6, 6.07) is 14.3. The van der Waals surface area contributed by atoms with Crippen LogP contribution in [-0.2, 0) is 22.7 Å². The van der Waals surface area contributed by atoms with Gasteiger partial charge in [-0.2, -0.15) is 0 Å². The molecular formula is C27H25ClN4O5S2. The van der Waals surface area contributed by atoms with Gasteiger partial charge in [0.1, 0.15) is 28.7 Å². The van der Waals surface area contributed by atoms with Crippen LogP contribution in [0.5, 0.6) is 11.5 Å². The van der Waals surface area contributed by atoms with E-state index in [0.717, 1.165) is 5.56 Å². The van der Waals surface area contributed by atoms with Crippen molar-refractivity contribution in [3.63, 3.8) is 0 Å². The molecule has 0 unspecified atom stereocenters. The average molecular weight is 585 g/mol. The van der Waals surface area contributed by atoms with Crippen molar-refractivity contribution in [3.8, 4) is 22.6 Å². The predicted molar refractivity (Wildman–Crippen MR) is 153 cm³/mol. The second-order valence-electron chi connectivity index (χ2n) is 7.95. The van der Waals surface area contributed by atoms with Crippen molar-refractivity contribution in [2.75, 3.05) is 25.3 Å². The van der Waals surface area contributed by atoms with Gasteiger partial charge in [-0.05, 0) is 42.0 Å². The Morgan fingerprint density at radius 3 is 2.49 bits per heavy atom. The normalized spacial score (nSPS) is 10.6. The molecule has 0 aliphatic carbocycles. The van der Waals surface area contributed by atoms with Crippen molar-refractivity contribution in [1.29, 1.82) is 0 Å². The first kappa shape index (κ1) is 28.2. The number of carbonyl (C=O) groups excluding carboxylic acids is 2. The van der Waals surface area contributed by atoms with E-state index in [1.165, 1.54) is 30.2 Å². The molecule has 1 amide bonds. The molecule has 2 aromatic carbocycles. The SMILES string of the molecule is C=CCn1c(COc2ccc(Cl)cc2)nnc1SCC(=O)Nc1scc(-c2ccc(OC)cc2)c1C(=O)OC. The van der Waals surface area contributed by atoms with Crippen molar-refractivity contribution in [3.05, 3.63) is 83.0 Å². The Kier molecular flexibility index (Phi) is 9.64. The number of anilines is 1. The molecule has 39 heavy (non-hydrogen) atoms. The molecule has 2 heterocycles. The van der Waals surface area contributed by atoms with E-state index in [9.17, 15) is 9.59 Å². The van der Waals surface area contributed by atoms with Gasteiger partial charge in [0.2, 0.25) is 5.91 Å².